The number of piperazine rings is 1. The molecule has 1 rings (SSSR count). The van der Waals surface area contributed by atoms with E-state index in [2.05, 4.69) is 0 Å². The van der Waals surface area contributed by atoms with Gasteiger partial charge in [-0.25, -0.2) is 0 Å². The molecule has 1 aliphatic rings. The first kappa shape index (κ1) is 12.0. The first-order valence-corrected chi connectivity index (χ1v) is 5.39. The highest BCUT2D eigenvalue weighted by molar-refractivity contribution is 6.35. The second-order valence-electron chi connectivity index (χ2n) is 3.66. The van der Waals surface area contributed by atoms with E-state index in [1.54, 1.807) is 4.90 Å². The van der Waals surface area contributed by atoms with Crippen LogP contribution in [0.5, 0.6) is 0 Å². The third kappa shape index (κ3) is 2.92. The Labute approximate surface area is 89.7 Å². The SMILES string of the molecule is CCCN1CCN(CCCO)C(=O)C1=O. The lowest BCUT2D eigenvalue weighted by Gasteiger charge is -2.33. The summed E-state index contributed by atoms with van der Waals surface area (Å²) in [5, 5.41) is 8.65. The second-order valence-corrected chi connectivity index (χ2v) is 3.66. The Hall–Kier alpha value is -1.10. The van der Waals surface area contributed by atoms with E-state index in [9.17, 15) is 9.59 Å². The van der Waals surface area contributed by atoms with Gasteiger partial charge in [-0.2, -0.15) is 0 Å². The molecular formula is C10H18N2O3. The first-order chi connectivity index (χ1) is 7.20. The van der Waals surface area contributed by atoms with Crippen LogP contribution in [0.25, 0.3) is 0 Å². The standard InChI is InChI=1S/C10H18N2O3/c1-2-4-11-6-7-12(5-3-8-13)10(15)9(11)14/h13H,2-8H2,1H3. The Kier molecular flexibility index (Phi) is 4.55. The van der Waals surface area contributed by atoms with Gasteiger partial charge in [0.1, 0.15) is 0 Å². The maximum Gasteiger partial charge on any atom is 0.312 e. The van der Waals surface area contributed by atoms with Crippen molar-refractivity contribution in [2.45, 2.75) is 19.8 Å². The van der Waals surface area contributed by atoms with Gasteiger partial charge in [0, 0.05) is 32.8 Å². The molecule has 15 heavy (non-hydrogen) atoms. The molecule has 0 radical (unpaired) electrons. The van der Waals surface area contributed by atoms with Crippen molar-refractivity contribution < 1.29 is 14.7 Å². The average Bonchev–Trinajstić information content (AvgIpc) is 2.24. The monoisotopic (exact) mass is 214 g/mol. The van der Waals surface area contributed by atoms with Gasteiger partial charge in [-0.15, -0.1) is 0 Å². The Morgan fingerprint density at radius 1 is 1.13 bits per heavy atom. The zero-order chi connectivity index (χ0) is 11.3. The average molecular weight is 214 g/mol. The molecule has 0 atom stereocenters. The zero-order valence-electron chi connectivity index (χ0n) is 9.11. The minimum atomic E-state index is -0.428. The summed E-state index contributed by atoms with van der Waals surface area (Å²) < 4.78 is 0. The van der Waals surface area contributed by atoms with Crippen molar-refractivity contribution in [1.82, 2.24) is 9.80 Å². The molecule has 1 saturated heterocycles. The van der Waals surface area contributed by atoms with E-state index in [0.29, 0.717) is 32.6 Å². The van der Waals surface area contributed by atoms with Crippen molar-refractivity contribution in [2.75, 3.05) is 32.8 Å². The van der Waals surface area contributed by atoms with E-state index < -0.39 is 11.8 Å². The normalized spacial score (nSPS) is 17.5. The van der Waals surface area contributed by atoms with Crippen LogP contribution in [0.4, 0.5) is 0 Å². The number of carbonyl (C=O) groups excluding carboxylic acids is 2. The Morgan fingerprint density at radius 3 is 2.13 bits per heavy atom. The molecular weight excluding hydrogens is 196 g/mol. The third-order valence-corrected chi connectivity index (χ3v) is 2.48. The molecule has 1 heterocycles. The van der Waals surface area contributed by atoms with Crippen molar-refractivity contribution in [2.24, 2.45) is 0 Å². The topological polar surface area (TPSA) is 60.9 Å². The van der Waals surface area contributed by atoms with Crippen LogP contribution >= 0.6 is 0 Å². The number of hydrogen-bond acceptors (Lipinski definition) is 3. The van der Waals surface area contributed by atoms with Gasteiger partial charge >= 0.3 is 11.8 Å². The van der Waals surface area contributed by atoms with Crippen molar-refractivity contribution in [3.8, 4) is 0 Å². The summed E-state index contributed by atoms with van der Waals surface area (Å²) in [6.45, 7) is 4.36. The molecule has 1 N–H and O–H groups in total. The molecule has 0 aromatic rings. The maximum absolute atomic E-state index is 11.6. The molecule has 0 aromatic carbocycles. The van der Waals surface area contributed by atoms with Gasteiger partial charge < -0.3 is 14.9 Å². The van der Waals surface area contributed by atoms with E-state index in [0.717, 1.165) is 6.42 Å². The second kappa shape index (κ2) is 5.70. The van der Waals surface area contributed by atoms with Crippen LogP contribution in [0.2, 0.25) is 0 Å². The van der Waals surface area contributed by atoms with Crippen molar-refractivity contribution >= 4 is 11.8 Å². The van der Waals surface area contributed by atoms with Crippen molar-refractivity contribution in [3.05, 3.63) is 0 Å². The van der Waals surface area contributed by atoms with Crippen LogP contribution in [0.1, 0.15) is 19.8 Å². The Balaban J connectivity index is 2.49. The van der Waals surface area contributed by atoms with Crippen LogP contribution in [0.15, 0.2) is 0 Å². The fourth-order valence-corrected chi connectivity index (χ4v) is 1.67. The minimum Gasteiger partial charge on any atom is -0.396 e. The molecule has 0 saturated carbocycles. The van der Waals surface area contributed by atoms with E-state index >= 15 is 0 Å². The van der Waals surface area contributed by atoms with Crippen LogP contribution in [-0.2, 0) is 9.59 Å². The summed E-state index contributed by atoms with van der Waals surface area (Å²) in [7, 11) is 0. The van der Waals surface area contributed by atoms with E-state index in [1.165, 1.54) is 4.90 Å². The van der Waals surface area contributed by atoms with Crippen LogP contribution in [0, 0.1) is 0 Å². The molecule has 1 aliphatic heterocycles. The molecule has 0 unspecified atom stereocenters. The van der Waals surface area contributed by atoms with Gasteiger partial charge in [0.2, 0.25) is 0 Å². The predicted molar refractivity (Wildman–Crippen MR) is 55.2 cm³/mol. The molecule has 0 aliphatic carbocycles. The number of amides is 2. The first-order valence-electron chi connectivity index (χ1n) is 5.39. The highest BCUT2D eigenvalue weighted by Crippen LogP contribution is 2.06. The number of aliphatic hydroxyl groups is 1. The number of aliphatic hydroxyl groups excluding tert-OH is 1. The van der Waals surface area contributed by atoms with Gasteiger partial charge in [0.05, 0.1) is 0 Å². The summed E-state index contributed by atoms with van der Waals surface area (Å²) in [5.41, 5.74) is 0. The van der Waals surface area contributed by atoms with Gasteiger partial charge in [-0.3, -0.25) is 9.59 Å². The van der Waals surface area contributed by atoms with Gasteiger partial charge in [0.25, 0.3) is 0 Å². The highest BCUT2D eigenvalue weighted by Gasteiger charge is 2.31. The lowest BCUT2D eigenvalue weighted by Crippen LogP contribution is -2.54. The predicted octanol–water partition coefficient (Wildman–Crippen LogP) is -0.550. The van der Waals surface area contributed by atoms with Crippen LogP contribution in [-0.4, -0.2) is 59.5 Å². The summed E-state index contributed by atoms with van der Waals surface area (Å²) in [6.07, 6.45) is 1.41. The molecule has 1 fully saturated rings. The van der Waals surface area contributed by atoms with Gasteiger partial charge in [-0.05, 0) is 12.8 Å². The minimum absolute atomic E-state index is 0.0522. The van der Waals surface area contributed by atoms with Crippen LogP contribution < -0.4 is 0 Å². The number of nitrogens with zero attached hydrogens (tertiary/aromatic N) is 2. The van der Waals surface area contributed by atoms with Crippen molar-refractivity contribution in [1.29, 1.82) is 0 Å². The summed E-state index contributed by atoms with van der Waals surface area (Å²) >= 11 is 0. The highest BCUT2D eigenvalue weighted by atomic mass is 16.3. The maximum atomic E-state index is 11.6. The molecule has 0 aromatic heterocycles. The third-order valence-electron chi connectivity index (χ3n) is 2.48. The molecule has 0 spiro atoms. The summed E-state index contributed by atoms with van der Waals surface area (Å²) in [5.74, 6) is -0.829. The molecule has 2 amide bonds. The summed E-state index contributed by atoms with van der Waals surface area (Å²) in [6, 6.07) is 0. The fraction of sp³-hybridized carbons (Fsp3) is 0.800. The van der Waals surface area contributed by atoms with Crippen molar-refractivity contribution in [3.63, 3.8) is 0 Å². The van der Waals surface area contributed by atoms with Crippen LogP contribution in [0.3, 0.4) is 0 Å². The number of rotatable bonds is 5. The number of hydrogen-bond donors (Lipinski definition) is 1. The Morgan fingerprint density at radius 2 is 1.67 bits per heavy atom. The lowest BCUT2D eigenvalue weighted by atomic mass is 10.2. The Bertz CT molecular complexity index is 243. The quantitative estimate of drug-likeness (QED) is 0.625. The molecule has 0 bridgehead atoms. The molecule has 86 valence electrons. The van der Waals surface area contributed by atoms with E-state index in [1.807, 2.05) is 6.92 Å². The summed E-state index contributed by atoms with van der Waals surface area (Å²) in [4.78, 5) is 26.2. The van der Waals surface area contributed by atoms with Gasteiger partial charge in [0.15, 0.2) is 0 Å². The van der Waals surface area contributed by atoms with Gasteiger partial charge in [-0.1, -0.05) is 6.92 Å². The molecule has 5 heteroatoms. The largest absolute Gasteiger partial charge is 0.396 e. The van der Waals surface area contributed by atoms with E-state index in [-0.39, 0.29) is 6.61 Å². The lowest BCUT2D eigenvalue weighted by molar-refractivity contribution is -0.156. The fourth-order valence-electron chi connectivity index (χ4n) is 1.67. The number of carbonyl (C=O) groups is 2. The smallest absolute Gasteiger partial charge is 0.312 e. The zero-order valence-corrected chi connectivity index (χ0v) is 9.11. The van der Waals surface area contributed by atoms with E-state index in [4.69, 9.17) is 5.11 Å². The molecule has 5 nitrogen and oxygen atoms in total.